The Bertz CT molecular complexity index is 200. The van der Waals surface area contributed by atoms with Crippen molar-refractivity contribution in [1.29, 1.82) is 0 Å². The van der Waals surface area contributed by atoms with E-state index in [0.717, 1.165) is 5.92 Å². The Kier molecular flexibility index (Phi) is 0.770. The molecule has 1 aliphatic rings. The van der Waals surface area contributed by atoms with E-state index in [4.69, 9.17) is 0 Å². The maximum absolute atomic E-state index is 2.29. The van der Waals surface area contributed by atoms with Gasteiger partial charge in [-0.15, -0.1) is 11.3 Å². The molecule has 0 unspecified atom stereocenters. The van der Waals surface area contributed by atoms with E-state index in [1.54, 1.807) is 10.4 Å². The van der Waals surface area contributed by atoms with Crippen molar-refractivity contribution in [3.8, 4) is 0 Å². The van der Waals surface area contributed by atoms with E-state index >= 15 is 0 Å². The average molecular weight is 124 g/mol. The van der Waals surface area contributed by atoms with Crippen molar-refractivity contribution in [3.05, 3.63) is 21.9 Å². The zero-order chi connectivity index (χ0) is 5.56. The van der Waals surface area contributed by atoms with Crippen LogP contribution < -0.4 is 0 Å². The summed E-state index contributed by atoms with van der Waals surface area (Å²) in [5, 5.41) is 2.19. The molecule has 0 nitrogen and oxygen atoms in total. The molecule has 0 fully saturated rings. The molecule has 1 aromatic rings. The number of hydrogen-bond donors (Lipinski definition) is 0. The first-order valence-corrected chi connectivity index (χ1v) is 3.82. The summed E-state index contributed by atoms with van der Waals surface area (Å²) in [5.41, 5.74) is 1.59. The van der Waals surface area contributed by atoms with E-state index in [2.05, 4.69) is 18.4 Å². The highest BCUT2D eigenvalue weighted by molar-refractivity contribution is 7.10. The third kappa shape index (κ3) is 0.402. The number of thiophene rings is 1. The molecule has 2 rings (SSSR count). The second-order valence-electron chi connectivity index (χ2n) is 2.40. The van der Waals surface area contributed by atoms with Crippen molar-refractivity contribution in [1.82, 2.24) is 0 Å². The van der Waals surface area contributed by atoms with Gasteiger partial charge in [0.2, 0.25) is 0 Å². The fourth-order valence-electron chi connectivity index (χ4n) is 1.21. The van der Waals surface area contributed by atoms with Crippen LogP contribution in [0.3, 0.4) is 0 Å². The van der Waals surface area contributed by atoms with E-state index < -0.39 is 0 Å². The average Bonchev–Trinajstić information content (AvgIpc) is 2.09. The molecule has 0 spiro atoms. The monoisotopic (exact) mass is 124 g/mol. The van der Waals surface area contributed by atoms with Crippen LogP contribution in [0.15, 0.2) is 11.4 Å². The standard InChI is InChI=1S/C7H8S/c1-5-4-7-6(5)2-3-8-7/h2-3,5H,4H2,1H3/t5-/m1/s1. The van der Waals surface area contributed by atoms with Crippen molar-refractivity contribution >= 4 is 11.3 Å². The maximum Gasteiger partial charge on any atom is 0.00860 e. The predicted octanol–water partition coefficient (Wildman–Crippen LogP) is 2.41. The summed E-state index contributed by atoms with van der Waals surface area (Å²) in [7, 11) is 0. The topological polar surface area (TPSA) is 0 Å². The van der Waals surface area contributed by atoms with E-state index in [-0.39, 0.29) is 0 Å². The second kappa shape index (κ2) is 1.35. The first kappa shape index (κ1) is 4.57. The summed E-state index contributed by atoms with van der Waals surface area (Å²) in [6.45, 7) is 2.29. The van der Waals surface area contributed by atoms with Gasteiger partial charge < -0.3 is 0 Å². The summed E-state index contributed by atoms with van der Waals surface area (Å²) in [5.74, 6) is 0.858. The van der Waals surface area contributed by atoms with Crippen LogP contribution in [0.5, 0.6) is 0 Å². The first-order valence-electron chi connectivity index (χ1n) is 2.94. The number of fused-ring (bicyclic) bond motifs is 1. The van der Waals surface area contributed by atoms with Gasteiger partial charge in [0.15, 0.2) is 0 Å². The quantitative estimate of drug-likeness (QED) is 0.498. The lowest BCUT2D eigenvalue weighted by Crippen LogP contribution is -2.08. The van der Waals surface area contributed by atoms with Gasteiger partial charge in [-0.05, 0) is 29.3 Å². The van der Waals surface area contributed by atoms with Crippen molar-refractivity contribution < 1.29 is 0 Å². The second-order valence-corrected chi connectivity index (χ2v) is 3.40. The Hall–Kier alpha value is -0.300. The molecule has 0 bridgehead atoms. The summed E-state index contributed by atoms with van der Waals surface area (Å²) in [4.78, 5) is 1.61. The Morgan fingerprint density at radius 3 is 3.12 bits per heavy atom. The molecule has 42 valence electrons. The summed E-state index contributed by atoms with van der Waals surface area (Å²) in [6, 6.07) is 2.24. The minimum Gasteiger partial charge on any atom is -0.149 e. The SMILES string of the molecule is C[C@@H]1Cc2sccc21. The maximum atomic E-state index is 2.29. The van der Waals surface area contributed by atoms with E-state index in [0.29, 0.717) is 0 Å². The molecule has 8 heavy (non-hydrogen) atoms. The molecule has 1 atom stereocenters. The Morgan fingerprint density at radius 2 is 2.62 bits per heavy atom. The van der Waals surface area contributed by atoms with Gasteiger partial charge in [0.05, 0.1) is 0 Å². The van der Waals surface area contributed by atoms with Gasteiger partial charge in [-0.25, -0.2) is 0 Å². The third-order valence-electron chi connectivity index (χ3n) is 1.80. The number of hydrogen-bond acceptors (Lipinski definition) is 1. The van der Waals surface area contributed by atoms with Crippen LogP contribution in [-0.4, -0.2) is 0 Å². The molecule has 1 heteroatoms. The van der Waals surface area contributed by atoms with Gasteiger partial charge in [0.1, 0.15) is 0 Å². The lowest BCUT2D eigenvalue weighted by atomic mass is 9.86. The fourth-order valence-corrected chi connectivity index (χ4v) is 2.34. The molecule has 0 N–H and O–H groups in total. The minimum absolute atomic E-state index is 0.858. The minimum atomic E-state index is 0.858. The molecule has 0 aromatic carbocycles. The third-order valence-corrected chi connectivity index (χ3v) is 2.76. The Labute approximate surface area is 53.2 Å². The van der Waals surface area contributed by atoms with Gasteiger partial charge in [-0.1, -0.05) is 6.92 Å². The van der Waals surface area contributed by atoms with Crippen LogP contribution in [0.4, 0.5) is 0 Å². The van der Waals surface area contributed by atoms with Gasteiger partial charge in [-0.3, -0.25) is 0 Å². The van der Waals surface area contributed by atoms with Gasteiger partial charge in [0, 0.05) is 4.88 Å². The molecule has 0 saturated heterocycles. The molecule has 0 saturated carbocycles. The Balaban J connectivity index is 2.53. The number of rotatable bonds is 0. The predicted molar refractivity (Wildman–Crippen MR) is 36.4 cm³/mol. The highest BCUT2D eigenvalue weighted by atomic mass is 32.1. The highest BCUT2D eigenvalue weighted by Crippen LogP contribution is 2.37. The van der Waals surface area contributed by atoms with Gasteiger partial charge >= 0.3 is 0 Å². The van der Waals surface area contributed by atoms with Crippen LogP contribution in [0, 0.1) is 0 Å². The molecule has 0 amide bonds. The molecular weight excluding hydrogens is 116 g/mol. The first-order chi connectivity index (χ1) is 3.88. The van der Waals surface area contributed by atoms with Crippen LogP contribution in [0.1, 0.15) is 23.3 Å². The summed E-state index contributed by atoms with van der Waals surface area (Å²) < 4.78 is 0. The van der Waals surface area contributed by atoms with Crippen LogP contribution >= 0.6 is 11.3 Å². The van der Waals surface area contributed by atoms with Crippen LogP contribution in [0.2, 0.25) is 0 Å². The van der Waals surface area contributed by atoms with Crippen LogP contribution in [0.25, 0.3) is 0 Å². The largest absolute Gasteiger partial charge is 0.149 e. The summed E-state index contributed by atoms with van der Waals surface area (Å²) >= 11 is 1.89. The van der Waals surface area contributed by atoms with Gasteiger partial charge in [-0.2, -0.15) is 0 Å². The fraction of sp³-hybridized carbons (Fsp3) is 0.429. The van der Waals surface area contributed by atoms with Crippen LogP contribution in [-0.2, 0) is 6.42 Å². The zero-order valence-corrected chi connectivity index (χ0v) is 5.66. The normalized spacial score (nSPS) is 24.4. The van der Waals surface area contributed by atoms with E-state index in [9.17, 15) is 0 Å². The lowest BCUT2D eigenvalue weighted by Gasteiger charge is -2.21. The smallest absolute Gasteiger partial charge is 0.00860 e. The lowest BCUT2D eigenvalue weighted by molar-refractivity contribution is 0.686. The van der Waals surface area contributed by atoms with E-state index in [1.165, 1.54) is 6.42 Å². The van der Waals surface area contributed by atoms with E-state index in [1.807, 2.05) is 11.3 Å². The van der Waals surface area contributed by atoms with Crippen molar-refractivity contribution in [3.63, 3.8) is 0 Å². The van der Waals surface area contributed by atoms with Crippen molar-refractivity contribution in [2.45, 2.75) is 19.3 Å². The molecule has 0 aliphatic heterocycles. The zero-order valence-electron chi connectivity index (χ0n) is 4.85. The molecule has 0 radical (unpaired) electrons. The Morgan fingerprint density at radius 1 is 1.75 bits per heavy atom. The molecule has 1 aliphatic carbocycles. The molecule has 1 aromatic heterocycles. The van der Waals surface area contributed by atoms with Gasteiger partial charge in [0.25, 0.3) is 0 Å². The summed E-state index contributed by atoms with van der Waals surface area (Å²) in [6.07, 6.45) is 1.33. The van der Waals surface area contributed by atoms with Crippen molar-refractivity contribution in [2.75, 3.05) is 0 Å². The van der Waals surface area contributed by atoms with Crippen molar-refractivity contribution in [2.24, 2.45) is 0 Å². The molecule has 1 heterocycles. The highest BCUT2D eigenvalue weighted by Gasteiger charge is 2.21. The molecular formula is C7H8S.